The van der Waals surface area contributed by atoms with Crippen LogP contribution in [0.15, 0.2) is 33.6 Å². The van der Waals surface area contributed by atoms with E-state index in [4.69, 9.17) is 0 Å². The fourth-order valence-electron chi connectivity index (χ4n) is 4.27. The van der Waals surface area contributed by atoms with Crippen LogP contribution in [0.2, 0.25) is 0 Å². The van der Waals surface area contributed by atoms with Gasteiger partial charge < -0.3 is 10.2 Å². The second kappa shape index (κ2) is 7.02. The minimum absolute atomic E-state index is 0.108. The van der Waals surface area contributed by atoms with Crippen molar-refractivity contribution in [2.24, 2.45) is 10.3 Å². The second-order valence-corrected chi connectivity index (χ2v) is 9.09. The summed E-state index contributed by atoms with van der Waals surface area (Å²) in [6.07, 6.45) is 7.49. The van der Waals surface area contributed by atoms with E-state index >= 15 is 0 Å². The largest absolute Gasteiger partial charge is 0.355 e. The van der Waals surface area contributed by atoms with Crippen molar-refractivity contribution in [3.63, 3.8) is 0 Å². The molecule has 1 unspecified atom stereocenters. The van der Waals surface area contributed by atoms with Gasteiger partial charge in [-0.25, -0.2) is 0 Å². The van der Waals surface area contributed by atoms with Crippen LogP contribution in [-0.4, -0.2) is 44.2 Å². The molecule has 0 aromatic heterocycles. The summed E-state index contributed by atoms with van der Waals surface area (Å²) in [5, 5.41) is 3.21. The normalized spacial score (nSPS) is 25.5. The summed E-state index contributed by atoms with van der Waals surface area (Å²) >= 11 is 0. The first-order chi connectivity index (χ1) is 12.5. The van der Waals surface area contributed by atoms with Crippen molar-refractivity contribution >= 4 is 21.8 Å². The lowest BCUT2D eigenvalue weighted by Crippen LogP contribution is -2.47. The van der Waals surface area contributed by atoms with Crippen molar-refractivity contribution in [1.82, 2.24) is 10.2 Å². The predicted molar refractivity (Wildman–Crippen MR) is 99.5 cm³/mol. The Balaban J connectivity index is 1.48. The highest BCUT2D eigenvalue weighted by atomic mass is 32.2. The predicted octanol–water partition coefficient (Wildman–Crippen LogP) is 2.30. The molecule has 6 nitrogen and oxygen atoms in total. The number of nitrogens with zero attached hydrogens (tertiary/aromatic N) is 2. The number of sulfonamides is 1. The number of carbonyl (C=O) groups excluding carboxylic acids is 1. The Hall–Kier alpha value is -1.89. The van der Waals surface area contributed by atoms with Gasteiger partial charge in [0.25, 0.3) is 10.0 Å². The van der Waals surface area contributed by atoms with Crippen LogP contribution in [0.1, 0.15) is 50.5 Å². The molecule has 1 saturated carbocycles. The average molecular weight is 375 g/mol. The van der Waals surface area contributed by atoms with E-state index in [1.165, 1.54) is 19.3 Å². The fraction of sp³-hybridized carbons (Fsp3) is 0.579. The molecule has 0 bridgehead atoms. The van der Waals surface area contributed by atoms with Crippen LogP contribution in [0, 0.1) is 5.92 Å². The quantitative estimate of drug-likeness (QED) is 0.860. The first kappa shape index (κ1) is 17.5. The van der Waals surface area contributed by atoms with Crippen LogP contribution in [0.4, 0.5) is 0 Å². The Morgan fingerprint density at radius 2 is 1.85 bits per heavy atom. The van der Waals surface area contributed by atoms with Gasteiger partial charge in [0.1, 0.15) is 4.90 Å². The van der Waals surface area contributed by atoms with Gasteiger partial charge >= 0.3 is 0 Å². The van der Waals surface area contributed by atoms with E-state index in [2.05, 4.69) is 9.71 Å². The van der Waals surface area contributed by atoms with Gasteiger partial charge in [-0.2, -0.15) is 8.42 Å². The highest BCUT2D eigenvalue weighted by molar-refractivity contribution is 7.90. The van der Waals surface area contributed by atoms with Crippen LogP contribution < -0.4 is 5.32 Å². The Morgan fingerprint density at radius 3 is 2.65 bits per heavy atom. The molecule has 140 valence electrons. The Labute approximate surface area is 154 Å². The first-order valence-electron chi connectivity index (χ1n) is 9.54. The highest BCUT2D eigenvalue weighted by Crippen LogP contribution is 2.30. The number of fused-ring (bicyclic) bond motifs is 1. The smallest absolute Gasteiger partial charge is 0.285 e. The second-order valence-electron chi connectivity index (χ2n) is 7.51. The third kappa shape index (κ3) is 3.37. The van der Waals surface area contributed by atoms with E-state index < -0.39 is 10.0 Å². The van der Waals surface area contributed by atoms with E-state index in [1.807, 2.05) is 11.0 Å². The molecule has 1 aliphatic carbocycles. The fourth-order valence-corrected chi connectivity index (χ4v) is 5.49. The van der Waals surface area contributed by atoms with Crippen LogP contribution >= 0.6 is 0 Å². The Bertz CT molecular complexity index is 828. The average Bonchev–Trinajstić information content (AvgIpc) is 2.94. The standard InChI is InChI=1S/C19H25N3O3S/c23-19(20-15-8-2-1-3-9-15)14-7-6-12-22(13-14)18-16-10-4-5-11-17(16)26(24,25)21-18/h4-5,10-11,14-15H,1-3,6-9,12-13H2,(H,20,23). The zero-order valence-electron chi connectivity index (χ0n) is 14.9. The maximum Gasteiger partial charge on any atom is 0.285 e. The van der Waals surface area contributed by atoms with Crippen LogP contribution in [0.3, 0.4) is 0 Å². The van der Waals surface area contributed by atoms with Crippen LogP contribution in [-0.2, 0) is 14.8 Å². The number of nitrogens with one attached hydrogen (secondary N) is 1. The molecule has 26 heavy (non-hydrogen) atoms. The van der Waals surface area contributed by atoms with Gasteiger partial charge in [-0.05, 0) is 37.8 Å². The summed E-state index contributed by atoms with van der Waals surface area (Å²) in [6.45, 7) is 1.26. The molecule has 4 rings (SSSR count). The van der Waals surface area contributed by atoms with Gasteiger partial charge in [0, 0.05) is 24.7 Å². The minimum atomic E-state index is -3.62. The number of amides is 1. The van der Waals surface area contributed by atoms with Crippen molar-refractivity contribution in [3.05, 3.63) is 29.8 Å². The lowest BCUT2D eigenvalue weighted by Gasteiger charge is -2.34. The van der Waals surface area contributed by atoms with E-state index in [0.29, 0.717) is 24.0 Å². The SMILES string of the molecule is O=C(NC1CCCCC1)C1CCCN(C2=NS(=O)(=O)c3ccccc32)C1. The number of hydrogen-bond donors (Lipinski definition) is 1. The van der Waals surface area contributed by atoms with Crippen LogP contribution in [0.25, 0.3) is 0 Å². The molecule has 1 aromatic rings. The molecule has 2 heterocycles. The monoisotopic (exact) mass is 375 g/mol. The lowest BCUT2D eigenvalue weighted by molar-refractivity contribution is -0.127. The molecule has 1 atom stereocenters. The summed E-state index contributed by atoms with van der Waals surface area (Å²) < 4.78 is 28.6. The number of amidine groups is 1. The third-order valence-corrected chi connectivity index (χ3v) is 6.98. The number of piperidine rings is 1. The van der Waals surface area contributed by atoms with Gasteiger partial charge in [0.15, 0.2) is 5.84 Å². The van der Waals surface area contributed by atoms with Crippen molar-refractivity contribution in [2.45, 2.75) is 55.9 Å². The number of hydrogen-bond acceptors (Lipinski definition) is 4. The highest BCUT2D eigenvalue weighted by Gasteiger charge is 2.35. The third-order valence-electron chi connectivity index (χ3n) is 5.66. The van der Waals surface area contributed by atoms with E-state index in [0.717, 1.165) is 32.2 Å². The molecule has 2 fully saturated rings. The number of benzene rings is 1. The first-order valence-corrected chi connectivity index (χ1v) is 11.0. The van der Waals surface area contributed by atoms with Gasteiger partial charge in [0.2, 0.25) is 5.91 Å². The van der Waals surface area contributed by atoms with E-state index in [9.17, 15) is 13.2 Å². The van der Waals surface area contributed by atoms with Gasteiger partial charge in [-0.3, -0.25) is 4.79 Å². The van der Waals surface area contributed by atoms with Crippen molar-refractivity contribution in [3.8, 4) is 0 Å². The number of rotatable bonds is 2. The summed E-state index contributed by atoms with van der Waals surface area (Å²) in [7, 11) is -3.62. The molecule has 7 heteroatoms. The molecule has 0 spiro atoms. The molecule has 1 aromatic carbocycles. The maximum atomic E-state index is 12.7. The van der Waals surface area contributed by atoms with E-state index in [1.54, 1.807) is 18.2 Å². The van der Waals surface area contributed by atoms with Gasteiger partial charge in [0.05, 0.1) is 5.92 Å². The van der Waals surface area contributed by atoms with Crippen molar-refractivity contribution in [1.29, 1.82) is 0 Å². The van der Waals surface area contributed by atoms with Crippen LogP contribution in [0.5, 0.6) is 0 Å². The topological polar surface area (TPSA) is 78.8 Å². The Morgan fingerprint density at radius 1 is 1.08 bits per heavy atom. The van der Waals surface area contributed by atoms with Crippen molar-refractivity contribution in [2.75, 3.05) is 13.1 Å². The zero-order valence-corrected chi connectivity index (χ0v) is 15.7. The lowest BCUT2D eigenvalue weighted by atomic mass is 9.92. The molecular weight excluding hydrogens is 350 g/mol. The summed E-state index contributed by atoms with van der Waals surface area (Å²) in [5.41, 5.74) is 0.654. The zero-order chi connectivity index (χ0) is 18.1. The molecule has 3 aliphatic rings. The molecule has 1 saturated heterocycles. The maximum absolute atomic E-state index is 12.7. The minimum Gasteiger partial charge on any atom is -0.355 e. The summed E-state index contributed by atoms with van der Waals surface area (Å²) in [5.74, 6) is 0.496. The Kier molecular flexibility index (Phi) is 4.73. The van der Waals surface area contributed by atoms with Gasteiger partial charge in [-0.15, -0.1) is 4.40 Å². The van der Waals surface area contributed by atoms with Gasteiger partial charge in [-0.1, -0.05) is 31.4 Å². The summed E-state index contributed by atoms with van der Waals surface area (Å²) in [6, 6.07) is 7.23. The molecule has 1 N–H and O–H groups in total. The molecule has 2 aliphatic heterocycles. The van der Waals surface area contributed by atoms with E-state index in [-0.39, 0.29) is 16.7 Å². The summed E-state index contributed by atoms with van der Waals surface area (Å²) in [4.78, 5) is 14.9. The molecule has 0 radical (unpaired) electrons. The number of carbonyl (C=O) groups is 1. The molecular formula is C19H25N3O3S. The number of likely N-dealkylation sites (tertiary alicyclic amines) is 1. The molecule has 1 amide bonds. The van der Waals surface area contributed by atoms with Crippen molar-refractivity contribution < 1.29 is 13.2 Å².